The van der Waals surface area contributed by atoms with Crippen molar-refractivity contribution in [2.45, 2.75) is 131 Å². The van der Waals surface area contributed by atoms with Crippen LogP contribution >= 0.6 is 0 Å². The molecule has 4 saturated carbocycles. The standard InChI is InChI=1S/C36H62N2O3.ClH/c1-26(12-17-32(39)37-21-24-38(22-9-10-23-38)25-41-33(40)34(2,3)4)29-15-16-30-28-14-13-27-11-7-8-19-35(27,5)31(28)18-20-36(29,30)6;/h26-31H,7-25H2,1-6H3;1H/t26?,27?,28-,29+,30-,31-,35-,36+;/m0./s1. The Balaban J connectivity index is 0.00000405. The van der Waals surface area contributed by atoms with Crippen molar-refractivity contribution in [2.24, 2.45) is 51.8 Å². The molecule has 242 valence electrons. The first-order valence-corrected chi connectivity index (χ1v) is 17.7. The second kappa shape index (κ2) is 13.3. The predicted octanol–water partition coefficient (Wildman–Crippen LogP) is 4.73. The predicted molar refractivity (Wildman–Crippen MR) is 166 cm³/mol. The number of nitrogens with zero attached hydrogens (tertiary/aromatic N) is 1. The van der Waals surface area contributed by atoms with E-state index in [-0.39, 0.29) is 24.3 Å². The van der Waals surface area contributed by atoms with Gasteiger partial charge in [0.2, 0.25) is 12.6 Å². The zero-order valence-electron chi connectivity index (χ0n) is 27.9. The molecule has 42 heavy (non-hydrogen) atoms. The molecule has 5 rings (SSSR count). The van der Waals surface area contributed by atoms with Crippen molar-refractivity contribution >= 4 is 11.9 Å². The summed E-state index contributed by atoms with van der Waals surface area (Å²) in [5.41, 5.74) is 0.622. The number of amides is 1. The van der Waals surface area contributed by atoms with E-state index in [4.69, 9.17) is 4.74 Å². The highest BCUT2D eigenvalue weighted by Gasteiger charge is 2.60. The summed E-state index contributed by atoms with van der Waals surface area (Å²) in [4.78, 5) is 25.3. The van der Waals surface area contributed by atoms with E-state index in [1.54, 1.807) is 0 Å². The lowest BCUT2D eigenvalue weighted by atomic mass is 9.44. The summed E-state index contributed by atoms with van der Waals surface area (Å²) in [7, 11) is 0. The van der Waals surface area contributed by atoms with Gasteiger partial charge in [-0.25, -0.2) is 0 Å². The summed E-state index contributed by atoms with van der Waals surface area (Å²) in [6, 6.07) is 0. The number of quaternary nitrogens is 1. The molecule has 1 N–H and O–H groups in total. The van der Waals surface area contributed by atoms with Crippen LogP contribution in [-0.4, -0.2) is 49.3 Å². The van der Waals surface area contributed by atoms with E-state index in [2.05, 4.69) is 26.1 Å². The van der Waals surface area contributed by atoms with E-state index in [0.29, 0.717) is 36.4 Å². The van der Waals surface area contributed by atoms with Gasteiger partial charge < -0.3 is 22.5 Å². The van der Waals surface area contributed by atoms with Gasteiger partial charge >= 0.3 is 5.97 Å². The summed E-state index contributed by atoms with van der Waals surface area (Å²) in [6.45, 7) is 17.5. The summed E-state index contributed by atoms with van der Waals surface area (Å²) in [6.07, 6.45) is 18.6. The minimum Gasteiger partial charge on any atom is -1.00 e. The van der Waals surface area contributed by atoms with Gasteiger partial charge in [-0.2, -0.15) is 0 Å². The lowest BCUT2D eigenvalue weighted by Gasteiger charge is -2.61. The van der Waals surface area contributed by atoms with Gasteiger partial charge in [-0.1, -0.05) is 33.6 Å². The Morgan fingerprint density at radius 3 is 2.33 bits per heavy atom. The highest BCUT2D eigenvalue weighted by molar-refractivity contribution is 5.76. The fourth-order valence-electron chi connectivity index (χ4n) is 11.2. The van der Waals surface area contributed by atoms with Crippen molar-refractivity contribution in [3.8, 4) is 0 Å². The zero-order chi connectivity index (χ0) is 29.5. The van der Waals surface area contributed by atoms with E-state index in [1.165, 1.54) is 77.0 Å². The molecule has 1 heterocycles. The number of carbonyl (C=O) groups excluding carboxylic acids is 2. The topological polar surface area (TPSA) is 55.4 Å². The van der Waals surface area contributed by atoms with Crippen LogP contribution in [0.4, 0.5) is 0 Å². The molecule has 0 aromatic heterocycles. The SMILES string of the molecule is CC(CCC(=O)NCC[N+]1(COC(=O)C(C)(C)C)CCCC1)[C@H]1CC[C@H]2[C@@H]3CCC4CCCC[C@]4(C)[C@H]3CC[C@]12C.[Cl-]. The van der Waals surface area contributed by atoms with Crippen molar-refractivity contribution in [1.82, 2.24) is 5.32 Å². The summed E-state index contributed by atoms with van der Waals surface area (Å²) in [5.74, 6) is 5.29. The lowest BCUT2D eigenvalue weighted by molar-refractivity contribution is -0.931. The average molecular weight is 607 g/mol. The van der Waals surface area contributed by atoms with Gasteiger partial charge in [0.05, 0.1) is 31.6 Å². The van der Waals surface area contributed by atoms with Crippen LogP contribution in [0.25, 0.3) is 0 Å². The Kier molecular flexibility index (Phi) is 10.8. The molecule has 0 aromatic rings. The first-order chi connectivity index (χ1) is 19.4. The molecular formula is C36H63ClN2O3. The zero-order valence-corrected chi connectivity index (χ0v) is 28.7. The molecule has 2 unspecified atom stereocenters. The number of rotatable bonds is 9. The number of nitrogens with one attached hydrogen (secondary N) is 1. The molecular weight excluding hydrogens is 544 g/mol. The Labute approximate surface area is 264 Å². The van der Waals surface area contributed by atoms with E-state index in [9.17, 15) is 9.59 Å². The van der Waals surface area contributed by atoms with E-state index >= 15 is 0 Å². The normalized spacial score (nSPS) is 37.9. The lowest BCUT2D eigenvalue weighted by Crippen LogP contribution is -3.00. The molecule has 0 spiro atoms. The van der Waals surface area contributed by atoms with Crippen molar-refractivity contribution in [3.63, 3.8) is 0 Å². The summed E-state index contributed by atoms with van der Waals surface area (Å²) < 4.78 is 6.52. The van der Waals surface area contributed by atoms with Crippen LogP contribution in [0, 0.1) is 51.8 Å². The maximum absolute atomic E-state index is 13.0. The summed E-state index contributed by atoms with van der Waals surface area (Å²) >= 11 is 0. The monoisotopic (exact) mass is 606 g/mol. The third-order valence-electron chi connectivity index (χ3n) is 13.7. The van der Waals surface area contributed by atoms with Crippen LogP contribution in [0.2, 0.25) is 0 Å². The Bertz CT molecular complexity index is 942. The number of hydrogen-bond donors (Lipinski definition) is 1. The first kappa shape index (κ1) is 34.1. The van der Waals surface area contributed by atoms with Gasteiger partial charge in [0.25, 0.3) is 0 Å². The number of halogens is 1. The van der Waals surface area contributed by atoms with Crippen LogP contribution in [0.15, 0.2) is 0 Å². The van der Waals surface area contributed by atoms with Crippen molar-refractivity contribution in [3.05, 3.63) is 0 Å². The van der Waals surface area contributed by atoms with Gasteiger partial charge in [0.1, 0.15) is 0 Å². The van der Waals surface area contributed by atoms with Crippen LogP contribution < -0.4 is 17.7 Å². The molecule has 1 aliphatic heterocycles. The minimum atomic E-state index is -0.475. The van der Waals surface area contributed by atoms with E-state index in [1.807, 2.05) is 20.8 Å². The second-order valence-corrected chi connectivity index (χ2v) is 17.0. The number of hydrogen-bond acceptors (Lipinski definition) is 3. The Morgan fingerprint density at radius 1 is 0.905 bits per heavy atom. The van der Waals surface area contributed by atoms with Gasteiger partial charge in [-0.15, -0.1) is 0 Å². The third kappa shape index (κ3) is 6.73. The smallest absolute Gasteiger partial charge is 0.315 e. The molecule has 5 aliphatic rings. The maximum Gasteiger partial charge on any atom is 0.315 e. The van der Waals surface area contributed by atoms with Crippen LogP contribution in [-0.2, 0) is 14.3 Å². The molecule has 0 aromatic carbocycles. The van der Waals surface area contributed by atoms with Gasteiger partial charge in [-0.3, -0.25) is 14.1 Å². The molecule has 8 atom stereocenters. The van der Waals surface area contributed by atoms with Crippen LogP contribution in [0.5, 0.6) is 0 Å². The Morgan fingerprint density at radius 2 is 1.62 bits per heavy atom. The molecule has 1 saturated heterocycles. The number of ether oxygens (including phenoxy) is 1. The largest absolute Gasteiger partial charge is 1.00 e. The number of esters is 1. The molecule has 0 bridgehead atoms. The van der Waals surface area contributed by atoms with Crippen molar-refractivity contribution in [2.75, 3.05) is 32.9 Å². The number of likely N-dealkylation sites (tertiary alicyclic amines) is 1. The third-order valence-corrected chi connectivity index (χ3v) is 13.7. The van der Waals surface area contributed by atoms with Crippen LogP contribution in [0.1, 0.15) is 131 Å². The van der Waals surface area contributed by atoms with Crippen LogP contribution in [0.3, 0.4) is 0 Å². The second-order valence-electron chi connectivity index (χ2n) is 17.0. The highest BCUT2D eigenvalue weighted by atomic mass is 35.5. The number of carbonyl (C=O) groups is 2. The van der Waals surface area contributed by atoms with Gasteiger partial charge in [0, 0.05) is 19.3 Å². The molecule has 1 amide bonds. The molecule has 4 aliphatic carbocycles. The maximum atomic E-state index is 13.0. The average Bonchev–Trinajstić information content (AvgIpc) is 3.54. The molecule has 5 fully saturated rings. The fourth-order valence-corrected chi connectivity index (χ4v) is 11.2. The highest BCUT2D eigenvalue weighted by Crippen LogP contribution is 2.68. The summed E-state index contributed by atoms with van der Waals surface area (Å²) in [5, 5.41) is 3.24. The van der Waals surface area contributed by atoms with Crippen molar-refractivity contribution in [1.29, 1.82) is 0 Å². The molecule has 0 radical (unpaired) electrons. The Hall–Kier alpha value is -0.810. The van der Waals surface area contributed by atoms with E-state index < -0.39 is 5.41 Å². The molecule has 5 nitrogen and oxygen atoms in total. The quantitative estimate of drug-likeness (QED) is 0.305. The minimum absolute atomic E-state index is 0. The fraction of sp³-hybridized carbons (Fsp3) is 0.944. The van der Waals surface area contributed by atoms with Crippen molar-refractivity contribution < 1.29 is 31.2 Å². The molecule has 6 heteroatoms. The van der Waals surface area contributed by atoms with Gasteiger partial charge in [0.15, 0.2) is 0 Å². The van der Waals surface area contributed by atoms with Gasteiger partial charge in [-0.05, 0) is 125 Å². The first-order valence-electron chi connectivity index (χ1n) is 17.7. The number of fused-ring (bicyclic) bond motifs is 5. The van der Waals surface area contributed by atoms with E-state index in [0.717, 1.165) is 60.1 Å².